The first-order valence-electron chi connectivity index (χ1n) is 6.30. The van der Waals surface area contributed by atoms with Gasteiger partial charge in [-0.05, 0) is 38.1 Å². The van der Waals surface area contributed by atoms with Crippen molar-refractivity contribution in [1.29, 1.82) is 0 Å². The van der Waals surface area contributed by atoms with Crippen molar-refractivity contribution in [2.24, 2.45) is 5.92 Å². The lowest BCUT2D eigenvalue weighted by atomic mass is 10.1. The van der Waals surface area contributed by atoms with Crippen LogP contribution in [-0.2, 0) is 4.79 Å². The minimum absolute atomic E-state index is 0.0579. The number of hydrogen-bond donors (Lipinski definition) is 1. The molecule has 1 atom stereocenters. The van der Waals surface area contributed by atoms with Gasteiger partial charge in [0.1, 0.15) is 0 Å². The molecule has 1 heterocycles. The van der Waals surface area contributed by atoms with Crippen molar-refractivity contribution in [2.75, 3.05) is 26.7 Å². The summed E-state index contributed by atoms with van der Waals surface area (Å²) in [4.78, 5) is 13.7. The second-order valence-electron chi connectivity index (χ2n) is 4.58. The zero-order valence-electron chi connectivity index (χ0n) is 10.6. The van der Waals surface area contributed by atoms with Gasteiger partial charge >= 0.3 is 0 Å². The van der Waals surface area contributed by atoms with Crippen LogP contribution in [0.25, 0.3) is 0 Å². The van der Waals surface area contributed by atoms with Crippen molar-refractivity contribution in [3.8, 4) is 11.8 Å². The Bertz CT molecular complexity index is 458. The van der Waals surface area contributed by atoms with Crippen LogP contribution in [0.15, 0.2) is 30.3 Å². The number of nitrogens with zero attached hydrogens (tertiary/aromatic N) is 1. The van der Waals surface area contributed by atoms with Gasteiger partial charge in [-0.15, -0.1) is 0 Å². The second kappa shape index (κ2) is 6.23. The molecule has 0 aromatic heterocycles. The van der Waals surface area contributed by atoms with E-state index in [4.69, 9.17) is 0 Å². The van der Waals surface area contributed by atoms with Crippen LogP contribution in [0.3, 0.4) is 0 Å². The lowest BCUT2D eigenvalue weighted by molar-refractivity contribution is -0.124. The van der Waals surface area contributed by atoms with E-state index in [1.54, 1.807) is 0 Å². The van der Waals surface area contributed by atoms with Crippen LogP contribution in [0.2, 0.25) is 0 Å². The molecule has 2 rings (SSSR count). The zero-order valence-corrected chi connectivity index (χ0v) is 10.6. The summed E-state index contributed by atoms with van der Waals surface area (Å²) in [6.07, 6.45) is 1.07. The van der Waals surface area contributed by atoms with Crippen LogP contribution >= 0.6 is 0 Å². The first kappa shape index (κ1) is 12.7. The van der Waals surface area contributed by atoms with Gasteiger partial charge in [-0.3, -0.25) is 4.79 Å². The standard InChI is InChI=1S/C15H18N2O/c1-16-11-14-9-10-17(12-14)15(18)8-7-13-5-3-2-4-6-13/h2-6,14,16H,9-12H2,1H3. The van der Waals surface area contributed by atoms with Gasteiger partial charge in [-0.25, -0.2) is 0 Å². The summed E-state index contributed by atoms with van der Waals surface area (Å²) in [5, 5.41) is 3.15. The van der Waals surface area contributed by atoms with Crippen molar-refractivity contribution in [3.05, 3.63) is 35.9 Å². The largest absolute Gasteiger partial charge is 0.332 e. The minimum Gasteiger partial charge on any atom is -0.332 e. The molecule has 18 heavy (non-hydrogen) atoms. The van der Waals surface area contributed by atoms with Gasteiger partial charge in [0.25, 0.3) is 5.91 Å². The van der Waals surface area contributed by atoms with E-state index >= 15 is 0 Å². The summed E-state index contributed by atoms with van der Waals surface area (Å²) < 4.78 is 0. The first-order valence-corrected chi connectivity index (χ1v) is 6.30. The first-order chi connectivity index (χ1) is 8.79. The third-order valence-corrected chi connectivity index (χ3v) is 3.15. The number of amides is 1. The quantitative estimate of drug-likeness (QED) is 0.788. The summed E-state index contributed by atoms with van der Waals surface area (Å²) in [5.74, 6) is 6.14. The Morgan fingerprint density at radius 1 is 1.44 bits per heavy atom. The number of likely N-dealkylation sites (tertiary alicyclic amines) is 1. The van der Waals surface area contributed by atoms with E-state index in [-0.39, 0.29) is 5.91 Å². The van der Waals surface area contributed by atoms with Crippen molar-refractivity contribution in [3.63, 3.8) is 0 Å². The molecule has 1 unspecified atom stereocenters. The molecule has 1 fully saturated rings. The fraction of sp³-hybridized carbons (Fsp3) is 0.400. The third-order valence-electron chi connectivity index (χ3n) is 3.15. The maximum atomic E-state index is 11.9. The normalized spacial score (nSPS) is 18.3. The number of carbonyl (C=O) groups is 1. The van der Waals surface area contributed by atoms with E-state index in [1.807, 2.05) is 42.3 Å². The average molecular weight is 242 g/mol. The van der Waals surface area contributed by atoms with E-state index in [2.05, 4.69) is 17.2 Å². The van der Waals surface area contributed by atoms with Gasteiger partial charge in [0.15, 0.2) is 0 Å². The second-order valence-corrected chi connectivity index (χ2v) is 4.58. The van der Waals surface area contributed by atoms with Gasteiger partial charge in [0.05, 0.1) is 0 Å². The highest BCUT2D eigenvalue weighted by atomic mass is 16.2. The van der Waals surface area contributed by atoms with Crippen LogP contribution in [0.1, 0.15) is 12.0 Å². The number of rotatable bonds is 2. The predicted octanol–water partition coefficient (Wildman–Crippen LogP) is 1.11. The lowest BCUT2D eigenvalue weighted by Gasteiger charge is -2.12. The molecule has 1 amide bonds. The molecule has 0 aliphatic carbocycles. The summed E-state index contributed by atoms with van der Waals surface area (Å²) in [6.45, 7) is 2.62. The van der Waals surface area contributed by atoms with E-state index in [0.717, 1.165) is 31.6 Å². The van der Waals surface area contributed by atoms with Crippen LogP contribution in [0.4, 0.5) is 0 Å². The molecule has 0 saturated carbocycles. The van der Waals surface area contributed by atoms with Crippen molar-refractivity contribution < 1.29 is 4.79 Å². The van der Waals surface area contributed by atoms with Crippen LogP contribution in [0.5, 0.6) is 0 Å². The monoisotopic (exact) mass is 242 g/mol. The van der Waals surface area contributed by atoms with Crippen LogP contribution in [-0.4, -0.2) is 37.5 Å². The Kier molecular flexibility index (Phi) is 4.38. The molecule has 3 heteroatoms. The smallest absolute Gasteiger partial charge is 0.298 e. The Morgan fingerprint density at radius 2 is 2.22 bits per heavy atom. The number of carbonyl (C=O) groups excluding carboxylic acids is 1. The van der Waals surface area contributed by atoms with Crippen molar-refractivity contribution in [2.45, 2.75) is 6.42 Å². The highest BCUT2D eigenvalue weighted by molar-refractivity contribution is 5.94. The van der Waals surface area contributed by atoms with Gasteiger partial charge in [-0.1, -0.05) is 24.1 Å². The molecule has 1 aromatic rings. The summed E-state index contributed by atoms with van der Waals surface area (Å²) in [5.41, 5.74) is 0.886. The molecule has 3 nitrogen and oxygen atoms in total. The van der Waals surface area contributed by atoms with Gasteiger partial charge < -0.3 is 10.2 Å². The Morgan fingerprint density at radius 3 is 2.94 bits per heavy atom. The topological polar surface area (TPSA) is 32.3 Å². The lowest BCUT2D eigenvalue weighted by Crippen LogP contribution is -2.29. The van der Waals surface area contributed by atoms with Gasteiger partial charge in [0.2, 0.25) is 0 Å². The van der Waals surface area contributed by atoms with Crippen molar-refractivity contribution in [1.82, 2.24) is 10.2 Å². The molecular formula is C15H18N2O. The zero-order chi connectivity index (χ0) is 12.8. The summed E-state index contributed by atoms with van der Waals surface area (Å²) in [6, 6.07) is 9.61. The highest BCUT2D eigenvalue weighted by Gasteiger charge is 2.24. The van der Waals surface area contributed by atoms with Gasteiger partial charge in [-0.2, -0.15) is 0 Å². The maximum absolute atomic E-state index is 11.9. The molecule has 0 bridgehead atoms. The van der Waals surface area contributed by atoms with Crippen LogP contribution in [0, 0.1) is 17.8 Å². The molecule has 0 radical (unpaired) electrons. The summed E-state index contributed by atoms with van der Waals surface area (Å²) in [7, 11) is 1.94. The Hall–Kier alpha value is -1.79. The number of hydrogen-bond acceptors (Lipinski definition) is 2. The molecular weight excluding hydrogens is 224 g/mol. The van der Waals surface area contributed by atoms with E-state index < -0.39 is 0 Å². The molecule has 1 aromatic carbocycles. The Balaban J connectivity index is 1.92. The van der Waals surface area contributed by atoms with E-state index in [1.165, 1.54) is 0 Å². The molecule has 0 spiro atoms. The SMILES string of the molecule is CNCC1CCN(C(=O)C#Cc2ccccc2)C1. The predicted molar refractivity (Wildman–Crippen MR) is 71.9 cm³/mol. The van der Waals surface area contributed by atoms with E-state index in [0.29, 0.717) is 5.92 Å². The molecule has 1 N–H and O–H groups in total. The Labute approximate surface area is 108 Å². The molecule has 1 aliphatic rings. The average Bonchev–Trinajstić information content (AvgIpc) is 2.86. The molecule has 1 saturated heterocycles. The number of nitrogens with one attached hydrogen (secondary N) is 1. The summed E-state index contributed by atoms with van der Waals surface area (Å²) >= 11 is 0. The third kappa shape index (κ3) is 3.35. The molecule has 94 valence electrons. The van der Waals surface area contributed by atoms with Crippen molar-refractivity contribution >= 4 is 5.91 Å². The minimum atomic E-state index is -0.0579. The van der Waals surface area contributed by atoms with Crippen LogP contribution < -0.4 is 5.32 Å². The number of benzene rings is 1. The highest BCUT2D eigenvalue weighted by Crippen LogP contribution is 2.14. The fourth-order valence-electron chi connectivity index (χ4n) is 2.20. The van der Waals surface area contributed by atoms with E-state index in [9.17, 15) is 4.79 Å². The fourth-order valence-corrected chi connectivity index (χ4v) is 2.20. The maximum Gasteiger partial charge on any atom is 0.298 e. The van der Waals surface area contributed by atoms with Gasteiger partial charge in [0, 0.05) is 24.6 Å². The molecule has 1 aliphatic heterocycles.